The Morgan fingerprint density at radius 3 is 2.50 bits per heavy atom. The van der Waals surface area contributed by atoms with Crippen LogP contribution in [0.2, 0.25) is 0 Å². The van der Waals surface area contributed by atoms with E-state index in [2.05, 4.69) is 15.5 Å². The first-order chi connectivity index (χ1) is 15.4. The van der Waals surface area contributed by atoms with Crippen LogP contribution >= 0.6 is 11.8 Å². The van der Waals surface area contributed by atoms with Gasteiger partial charge in [0.05, 0.1) is 30.2 Å². The molecule has 3 aromatic rings. The van der Waals surface area contributed by atoms with Crippen LogP contribution in [0.15, 0.2) is 64.9 Å². The Bertz CT molecular complexity index is 1110. The van der Waals surface area contributed by atoms with Crippen molar-refractivity contribution in [2.75, 3.05) is 12.9 Å². The van der Waals surface area contributed by atoms with E-state index in [1.165, 1.54) is 11.8 Å². The van der Waals surface area contributed by atoms with E-state index in [1.54, 1.807) is 16.8 Å². The van der Waals surface area contributed by atoms with Crippen molar-refractivity contribution in [2.24, 2.45) is 5.10 Å². The van der Waals surface area contributed by atoms with Gasteiger partial charge >= 0.3 is 0 Å². The number of methoxy groups -OCH3 is 1. The van der Waals surface area contributed by atoms with Crippen molar-refractivity contribution in [3.8, 4) is 5.75 Å². The van der Waals surface area contributed by atoms with Gasteiger partial charge in [0, 0.05) is 6.42 Å². The summed E-state index contributed by atoms with van der Waals surface area (Å²) >= 11 is 1.32. The van der Waals surface area contributed by atoms with Gasteiger partial charge in [-0.1, -0.05) is 54.2 Å². The fraction of sp³-hybridized carbons (Fsp3) is 0.348. The number of rotatable bonds is 6. The molecule has 0 radical (unpaired) electrons. The van der Waals surface area contributed by atoms with E-state index in [4.69, 9.17) is 9.84 Å². The first kappa shape index (κ1) is 22.0. The number of thioether (sulfide) groups is 1. The quantitative estimate of drug-likeness (QED) is 0.530. The number of hydrogen-bond donors (Lipinski definition) is 0. The van der Waals surface area contributed by atoms with Gasteiger partial charge in [-0.05, 0) is 54.5 Å². The zero-order valence-electron chi connectivity index (χ0n) is 18.6. The lowest BCUT2D eigenvalue weighted by Crippen LogP contribution is -2.29. The Labute approximate surface area is 191 Å². The van der Waals surface area contributed by atoms with Crippen LogP contribution in [0, 0.1) is 0 Å². The maximum atomic E-state index is 13.3. The maximum absolute atomic E-state index is 13.3. The molecule has 0 N–H and O–H groups in total. The van der Waals surface area contributed by atoms with Gasteiger partial charge < -0.3 is 4.74 Å². The number of tetrazole rings is 1. The molecule has 1 amide bonds. The van der Waals surface area contributed by atoms with Gasteiger partial charge in [-0.3, -0.25) is 4.79 Å². The molecule has 0 aliphatic carbocycles. The van der Waals surface area contributed by atoms with E-state index in [0.29, 0.717) is 11.6 Å². The van der Waals surface area contributed by atoms with Crippen molar-refractivity contribution in [1.82, 2.24) is 25.2 Å². The Morgan fingerprint density at radius 2 is 1.84 bits per heavy atom. The number of amides is 1. The first-order valence-corrected chi connectivity index (χ1v) is 11.4. The molecule has 4 rings (SSSR count). The average molecular weight is 451 g/mol. The lowest BCUT2D eigenvalue weighted by Gasteiger charge is -2.23. The minimum atomic E-state index is -0.271. The topological polar surface area (TPSA) is 85.5 Å². The van der Waals surface area contributed by atoms with Crippen LogP contribution in [0.25, 0.3) is 0 Å². The fourth-order valence-corrected chi connectivity index (χ4v) is 4.43. The molecule has 0 saturated carbocycles. The molecule has 8 nitrogen and oxygen atoms in total. The van der Waals surface area contributed by atoms with E-state index in [-0.39, 0.29) is 23.2 Å². The van der Waals surface area contributed by atoms with Gasteiger partial charge in [0.2, 0.25) is 5.16 Å². The van der Waals surface area contributed by atoms with Crippen molar-refractivity contribution < 1.29 is 9.53 Å². The molecular formula is C23H26N6O2S. The highest BCUT2D eigenvalue weighted by molar-refractivity contribution is 7.99. The normalized spacial score (nSPS) is 16.2. The van der Waals surface area contributed by atoms with Crippen molar-refractivity contribution in [1.29, 1.82) is 0 Å². The third-order valence-electron chi connectivity index (χ3n) is 5.17. The molecule has 1 aromatic heterocycles. The molecule has 166 valence electrons. The summed E-state index contributed by atoms with van der Waals surface area (Å²) in [5, 5.41) is 18.9. The van der Waals surface area contributed by atoms with Crippen LogP contribution < -0.4 is 4.74 Å². The molecule has 0 fully saturated rings. The molecular weight excluding hydrogens is 424 g/mol. The lowest BCUT2D eigenvalue weighted by atomic mass is 9.98. The highest BCUT2D eigenvalue weighted by Crippen LogP contribution is 2.34. The smallest absolute Gasteiger partial charge is 0.253 e. The number of benzene rings is 2. The Kier molecular flexibility index (Phi) is 6.27. The summed E-state index contributed by atoms with van der Waals surface area (Å²) in [5.74, 6) is 0.873. The largest absolute Gasteiger partial charge is 0.497 e. The number of ether oxygens (including phenoxy) is 1. The highest BCUT2D eigenvalue weighted by atomic mass is 32.2. The highest BCUT2D eigenvalue weighted by Gasteiger charge is 2.33. The zero-order valence-corrected chi connectivity index (χ0v) is 19.4. The molecule has 1 aliphatic heterocycles. The number of nitrogens with zero attached hydrogens (tertiary/aromatic N) is 6. The predicted molar refractivity (Wildman–Crippen MR) is 124 cm³/mol. The number of hydrogen-bond acceptors (Lipinski definition) is 7. The van der Waals surface area contributed by atoms with Crippen LogP contribution in [0.4, 0.5) is 0 Å². The number of carbonyl (C=O) groups is 1. The summed E-state index contributed by atoms with van der Waals surface area (Å²) in [5.41, 5.74) is 2.65. The van der Waals surface area contributed by atoms with Crippen LogP contribution in [0.5, 0.6) is 5.75 Å². The summed E-state index contributed by atoms with van der Waals surface area (Å²) in [6, 6.07) is 17.6. The van der Waals surface area contributed by atoms with Crippen molar-refractivity contribution in [3.63, 3.8) is 0 Å². The molecule has 1 aliphatic rings. The minimum Gasteiger partial charge on any atom is -0.497 e. The van der Waals surface area contributed by atoms with Crippen LogP contribution in [0.3, 0.4) is 0 Å². The lowest BCUT2D eigenvalue weighted by molar-refractivity contribution is -0.130. The van der Waals surface area contributed by atoms with Gasteiger partial charge in [-0.15, -0.1) is 5.10 Å². The van der Waals surface area contributed by atoms with Crippen molar-refractivity contribution in [2.45, 2.75) is 43.9 Å². The summed E-state index contributed by atoms with van der Waals surface area (Å²) in [7, 11) is 1.64. The summed E-state index contributed by atoms with van der Waals surface area (Å²) in [6.07, 6.45) is 0.645. The molecule has 0 saturated heterocycles. The summed E-state index contributed by atoms with van der Waals surface area (Å²) < 4.78 is 7.01. The molecule has 32 heavy (non-hydrogen) atoms. The number of carbonyl (C=O) groups excluding carboxylic acids is 1. The second kappa shape index (κ2) is 9.12. The maximum Gasteiger partial charge on any atom is 0.253 e. The van der Waals surface area contributed by atoms with Crippen molar-refractivity contribution in [3.05, 3.63) is 65.7 Å². The molecule has 2 aromatic carbocycles. The Balaban J connectivity index is 1.57. The molecule has 2 heterocycles. The van der Waals surface area contributed by atoms with E-state index in [0.717, 1.165) is 22.6 Å². The van der Waals surface area contributed by atoms with Crippen LogP contribution in [-0.2, 0) is 10.3 Å². The van der Waals surface area contributed by atoms with Gasteiger partial charge in [0.1, 0.15) is 5.75 Å². The van der Waals surface area contributed by atoms with Gasteiger partial charge in [0.15, 0.2) is 0 Å². The third-order valence-corrected chi connectivity index (χ3v) is 6.08. The van der Waals surface area contributed by atoms with E-state index < -0.39 is 0 Å². The van der Waals surface area contributed by atoms with Gasteiger partial charge in [-0.25, -0.2) is 9.69 Å². The van der Waals surface area contributed by atoms with Gasteiger partial charge in [0.25, 0.3) is 5.91 Å². The standard InChI is InChI=1S/C23H26N6O2S/c1-23(2,3)29-22(24-26-27-29)32-15-21(30)28-20(17-10-12-18(31-4)13-11-17)14-19(25-28)16-8-6-5-7-9-16/h5-13,20H,14-15H2,1-4H3. The molecule has 1 atom stereocenters. The van der Waals surface area contributed by atoms with Gasteiger partial charge in [-0.2, -0.15) is 5.10 Å². The van der Waals surface area contributed by atoms with E-state index in [9.17, 15) is 4.79 Å². The average Bonchev–Trinajstić information content (AvgIpc) is 3.46. The number of hydrazone groups is 1. The summed E-state index contributed by atoms with van der Waals surface area (Å²) in [6.45, 7) is 6.06. The Morgan fingerprint density at radius 1 is 1.12 bits per heavy atom. The minimum absolute atomic E-state index is 0.0924. The SMILES string of the molecule is COc1ccc(C2CC(c3ccccc3)=NN2C(=O)CSc2nnnn2C(C)(C)C)cc1. The summed E-state index contributed by atoms with van der Waals surface area (Å²) in [4.78, 5) is 13.3. The second-order valence-corrected chi connectivity index (χ2v) is 9.42. The molecule has 1 unspecified atom stereocenters. The van der Waals surface area contributed by atoms with Crippen molar-refractivity contribution >= 4 is 23.4 Å². The third kappa shape index (κ3) is 4.67. The predicted octanol–water partition coefficient (Wildman–Crippen LogP) is 3.91. The second-order valence-electron chi connectivity index (χ2n) is 8.48. The first-order valence-electron chi connectivity index (χ1n) is 10.4. The van der Waals surface area contributed by atoms with Crippen LogP contribution in [-0.4, -0.2) is 49.7 Å². The van der Waals surface area contributed by atoms with E-state index in [1.807, 2.05) is 75.4 Å². The van der Waals surface area contributed by atoms with E-state index >= 15 is 0 Å². The monoisotopic (exact) mass is 450 g/mol. The molecule has 0 spiro atoms. The van der Waals surface area contributed by atoms with Crippen LogP contribution in [0.1, 0.15) is 44.4 Å². The number of aromatic nitrogens is 4. The Hall–Kier alpha value is -3.20. The fourth-order valence-electron chi connectivity index (χ4n) is 3.51. The zero-order chi connectivity index (χ0) is 22.7. The molecule has 0 bridgehead atoms. The molecule has 9 heteroatoms.